The molecule has 5 unspecified atom stereocenters. The summed E-state index contributed by atoms with van der Waals surface area (Å²) >= 11 is 5.87. The number of benzene rings is 1. The Labute approximate surface area is 157 Å². The van der Waals surface area contributed by atoms with Crippen molar-refractivity contribution in [1.29, 1.82) is 0 Å². The summed E-state index contributed by atoms with van der Waals surface area (Å²) in [5.74, 6) is -1.21. The molecule has 2 fully saturated rings. The second-order valence-corrected chi connectivity index (χ2v) is 8.17. The molecule has 1 aromatic rings. The first-order chi connectivity index (χ1) is 12.4. The molecular weight excluding hydrogens is 352 g/mol. The monoisotopic (exact) mass is 372 g/mol. The van der Waals surface area contributed by atoms with E-state index in [-0.39, 0.29) is 47.3 Å². The van der Waals surface area contributed by atoms with Crippen molar-refractivity contribution in [3.05, 3.63) is 41.4 Å². The number of allylic oxidation sites excluding steroid dienone is 2. The number of amides is 3. The summed E-state index contributed by atoms with van der Waals surface area (Å²) in [5, 5.41) is 3.39. The smallest absolute Gasteiger partial charge is 0.247 e. The number of imide groups is 1. The lowest BCUT2D eigenvalue weighted by Crippen LogP contribution is -2.51. The highest BCUT2D eigenvalue weighted by Crippen LogP contribution is 2.53. The molecule has 0 aromatic heterocycles. The minimum atomic E-state index is -0.810. The van der Waals surface area contributed by atoms with Crippen molar-refractivity contribution in [2.45, 2.75) is 26.3 Å². The Morgan fingerprint density at radius 1 is 1.08 bits per heavy atom. The third kappa shape index (κ3) is 2.57. The predicted octanol–water partition coefficient (Wildman–Crippen LogP) is 3.11. The number of fused-ring (bicyclic) bond motifs is 5. The normalized spacial score (nSPS) is 30.2. The first-order valence-electron chi connectivity index (χ1n) is 9.00. The molecule has 136 valence electrons. The standard InChI is InChI=1S/C20H21ClN2O3/c1-10(2)17(18(24)22-14-7-5-13(21)6-8-14)23-19(25)15-11-3-4-12(9-11)16(15)20(23)26/h3-8,10-12,15-17H,9H2,1-2H3,(H,22,24). The van der Waals surface area contributed by atoms with Gasteiger partial charge in [-0.25, -0.2) is 0 Å². The number of carbonyl (C=O) groups is 3. The number of halogens is 1. The number of nitrogens with one attached hydrogen (secondary N) is 1. The molecule has 1 saturated heterocycles. The zero-order valence-electron chi connectivity index (χ0n) is 14.7. The summed E-state index contributed by atoms with van der Waals surface area (Å²) < 4.78 is 0. The van der Waals surface area contributed by atoms with E-state index in [1.165, 1.54) is 4.90 Å². The van der Waals surface area contributed by atoms with Crippen molar-refractivity contribution in [3.8, 4) is 0 Å². The van der Waals surface area contributed by atoms with Gasteiger partial charge in [0.05, 0.1) is 11.8 Å². The van der Waals surface area contributed by atoms with Crippen LogP contribution in [0.15, 0.2) is 36.4 Å². The van der Waals surface area contributed by atoms with E-state index in [1.807, 2.05) is 13.8 Å². The van der Waals surface area contributed by atoms with Crippen LogP contribution in [0.2, 0.25) is 5.02 Å². The van der Waals surface area contributed by atoms with Crippen molar-refractivity contribution in [2.24, 2.45) is 29.6 Å². The van der Waals surface area contributed by atoms with Crippen LogP contribution in [0.5, 0.6) is 0 Å². The number of carbonyl (C=O) groups excluding carboxylic acids is 3. The summed E-state index contributed by atoms with van der Waals surface area (Å²) in [5.41, 5.74) is 0.589. The van der Waals surface area contributed by atoms with Gasteiger partial charge in [0.25, 0.3) is 0 Å². The third-order valence-corrected chi connectivity index (χ3v) is 6.05. The van der Waals surface area contributed by atoms with E-state index in [1.54, 1.807) is 24.3 Å². The van der Waals surface area contributed by atoms with Crippen molar-refractivity contribution < 1.29 is 14.4 Å². The summed E-state index contributed by atoms with van der Waals surface area (Å²) in [6.07, 6.45) is 4.99. The molecule has 2 bridgehead atoms. The number of hydrogen-bond donors (Lipinski definition) is 1. The van der Waals surface area contributed by atoms with Crippen molar-refractivity contribution in [1.82, 2.24) is 4.90 Å². The van der Waals surface area contributed by atoms with Crippen LogP contribution in [0.3, 0.4) is 0 Å². The molecule has 6 heteroatoms. The molecule has 5 atom stereocenters. The molecule has 3 amide bonds. The van der Waals surface area contributed by atoms with Crippen LogP contribution in [0.25, 0.3) is 0 Å². The van der Waals surface area contributed by atoms with Crippen LogP contribution in [-0.4, -0.2) is 28.7 Å². The Hall–Kier alpha value is -2.14. The SMILES string of the molecule is CC(C)C(C(=O)Nc1ccc(Cl)cc1)N1C(=O)C2C3C=CC(C3)C2C1=O. The van der Waals surface area contributed by atoms with Crippen LogP contribution in [0, 0.1) is 29.6 Å². The molecule has 0 radical (unpaired) electrons. The van der Waals surface area contributed by atoms with E-state index in [9.17, 15) is 14.4 Å². The average Bonchev–Trinajstić information content (AvgIpc) is 3.26. The van der Waals surface area contributed by atoms with Gasteiger partial charge < -0.3 is 5.32 Å². The minimum Gasteiger partial charge on any atom is -0.324 e. The van der Waals surface area contributed by atoms with E-state index in [4.69, 9.17) is 11.6 Å². The Morgan fingerprint density at radius 3 is 2.12 bits per heavy atom. The first kappa shape index (κ1) is 17.3. The summed E-state index contributed by atoms with van der Waals surface area (Å²) in [4.78, 5) is 40.2. The fourth-order valence-electron chi connectivity index (χ4n) is 4.67. The average molecular weight is 373 g/mol. The van der Waals surface area contributed by atoms with Crippen LogP contribution in [0.1, 0.15) is 20.3 Å². The van der Waals surface area contributed by atoms with E-state index in [2.05, 4.69) is 17.5 Å². The number of likely N-dealkylation sites (tertiary alicyclic amines) is 1. The minimum absolute atomic E-state index is 0.138. The molecule has 0 spiro atoms. The molecule has 1 saturated carbocycles. The summed E-state index contributed by atoms with van der Waals surface area (Å²) in [6, 6.07) is 5.95. The second kappa shape index (κ2) is 6.23. The highest BCUT2D eigenvalue weighted by atomic mass is 35.5. The predicted molar refractivity (Wildman–Crippen MR) is 98.3 cm³/mol. The maximum absolute atomic E-state index is 13.0. The van der Waals surface area contributed by atoms with Crippen molar-refractivity contribution in [3.63, 3.8) is 0 Å². The van der Waals surface area contributed by atoms with E-state index < -0.39 is 6.04 Å². The van der Waals surface area contributed by atoms with Gasteiger partial charge in [-0.2, -0.15) is 0 Å². The van der Waals surface area contributed by atoms with Crippen LogP contribution < -0.4 is 5.32 Å². The Balaban J connectivity index is 1.59. The molecule has 5 nitrogen and oxygen atoms in total. The molecule has 1 aliphatic heterocycles. The molecule has 4 rings (SSSR count). The lowest BCUT2D eigenvalue weighted by molar-refractivity contribution is -0.148. The molecule has 1 heterocycles. The first-order valence-corrected chi connectivity index (χ1v) is 9.38. The van der Waals surface area contributed by atoms with Gasteiger partial charge in [-0.1, -0.05) is 37.6 Å². The van der Waals surface area contributed by atoms with E-state index in [0.717, 1.165) is 6.42 Å². The maximum atomic E-state index is 13.0. The Bertz CT molecular complexity index is 772. The second-order valence-electron chi connectivity index (χ2n) is 7.73. The largest absolute Gasteiger partial charge is 0.324 e. The number of anilines is 1. The van der Waals surface area contributed by atoms with Gasteiger partial charge in [-0.15, -0.1) is 0 Å². The lowest BCUT2D eigenvalue weighted by atomic mass is 9.85. The van der Waals surface area contributed by atoms with Gasteiger partial charge >= 0.3 is 0 Å². The molecule has 2 aliphatic carbocycles. The lowest BCUT2D eigenvalue weighted by Gasteiger charge is -2.29. The molecular formula is C20H21ClN2O3. The van der Waals surface area contributed by atoms with Gasteiger partial charge in [0.1, 0.15) is 6.04 Å². The maximum Gasteiger partial charge on any atom is 0.247 e. The fourth-order valence-corrected chi connectivity index (χ4v) is 4.79. The van der Waals surface area contributed by atoms with Gasteiger partial charge in [-0.05, 0) is 48.4 Å². The quantitative estimate of drug-likeness (QED) is 0.652. The van der Waals surface area contributed by atoms with Gasteiger partial charge in [0.2, 0.25) is 17.7 Å². The van der Waals surface area contributed by atoms with Gasteiger partial charge in [-0.3, -0.25) is 19.3 Å². The zero-order chi connectivity index (χ0) is 18.6. The number of hydrogen-bond acceptors (Lipinski definition) is 3. The third-order valence-electron chi connectivity index (χ3n) is 5.79. The van der Waals surface area contributed by atoms with Crippen LogP contribution in [0.4, 0.5) is 5.69 Å². The van der Waals surface area contributed by atoms with Gasteiger partial charge in [0.15, 0.2) is 0 Å². The molecule has 26 heavy (non-hydrogen) atoms. The Kier molecular flexibility index (Phi) is 4.14. The Morgan fingerprint density at radius 2 is 1.62 bits per heavy atom. The highest BCUT2D eigenvalue weighted by molar-refractivity contribution is 6.30. The number of rotatable bonds is 4. The zero-order valence-corrected chi connectivity index (χ0v) is 15.4. The summed E-state index contributed by atoms with van der Waals surface area (Å²) in [6.45, 7) is 3.71. The number of nitrogens with zero attached hydrogens (tertiary/aromatic N) is 1. The fraction of sp³-hybridized carbons (Fsp3) is 0.450. The van der Waals surface area contributed by atoms with Crippen LogP contribution in [-0.2, 0) is 14.4 Å². The van der Waals surface area contributed by atoms with Crippen LogP contribution >= 0.6 is 11.6 Å². The van der Waals surface area contributed by atoms with Gasteiger partial charge in [0, 0.05) is 10.7 Å². The molecule has 1 N–H and O–H groups in total. The van der Waals surface area contributed by atoms with Crippen molar-refractivity contribution in [2.75, 3.05) is 5.32 Å². The molecule has 1 aromatic carbocycles. The highest BCUT2D eigenvalue weighted by Gasteiger charge is 2.61. The summed E-state index contributed by atoms with van der Waals surface area (Å²) in [7, 11) is 0. The van der Waals surface area contributed by atoms with Crippen molar-refractivity contribution >= 4 is 35.0 Å². The van der Waals surface area contributed by atoms with E-state index in [0.29, 0.717) is 10.7 Å². The molecule has 3 aliphatic rings. The topological polar surface area (TPSA) is 66.5 Å². The van der Waals surface area contributed by atoms with E-state index >= 15 is 0 Å².